The fraction of sp³-hybridized carbons (Fsp3) is 0.417. The molecular formula is C12H17FN2O2. The molecule has 94 valence electrons. The van der Waals surface area contributed by atoms with Gasteiger partial charge in [0, 0.05) is 14.1 Å². The Morgan fingerprint density at radius 1 is 1.47 bits per heavy atom. The molecule has 1 amide bonds. The number of para-hydroxylation sites is 1. The molecule has 0 aromatic heterocycles. The van der Waals surface area contributed by atoms with Gasteiger partial charge in [0.1, 0.15) is 0 Å². The molecule has 5 heteroatoms. The van der Waals surface area contributed by atoms with Crippen LogP contribution in [0.1, 0.15) is 5.56 Å². The van der Waals surface area contributed by atoms with Crippen LogP contribution in [0.25, 0.3) is 0 Å². The molecule has 0 aliphatic carbocycles. The Morgan fingerprint density at radius 3 is 2.76 bits per heavy atom. The van der Waals surface area contributed by atoms with Crippen molar-refractivity contribution in [2.75, 3.05) is 27.2 Å². The Balaban J connectivity index is 2.78. The van der Waals surface area contributed by atoms with Gasteiger partial charge < -0.3 is 15.4 Å². The highest BCUT2D eigenvalue weighted by atomic mass is 19.1. The summed E-state index contributed by atoms with van der Waals surface area (Å²) in [6.07, 6.45) is 0.517. The molecule has 0 fully saturated rings. The maximum atomic E-state index is 13.5. The zero-order chi connectivity index (χ0) is 12.8. The Hall–Kier alpha value is -1.62. The third kappa shape index (κ3) is 3.71. The summed E-state index contributed by atoms with van der Waals surface area (Å²) in [6, 6.07) is 4.64. The number of likely N-dealkylation sites (N-methyl/N-ethyl adjacent to an activating group) is 1. The van der Waals surface area contributed by atoms with Crippen LogP contribution in [-0.2, 0) is 11.2 Å². The average Bonchev–Trinajstić information content (AvgIpc) is 2.28. The number of benzene rings is 1. The van der Waals surface area contributed by atoms with E-state index < -0.39 is 5.82 Å². The summed E-state index contributed by atoms with van der Waals surface area (Å²) in [5.41, 5.74) is 6.11. The summed E-state index contributed by atoms with van der Waals surface area (Å²) >= 11 is 0. The van der Waals surface area contributed by atoms with Crippen LogP contribution in [0.15, 0.2) is 18.2 Å². The van der Waals surface area contributed by atoms with Crippen LogP contribution in [0.2, 0.25) is 0 Å². The fourth-order valence-electron chi connectivity index (χ4n) is 1.33. The molecule has 0 aliphatic rings. The molecule has 1 aromatic carbocycles. The van der Waals surface area contributed by atoms with E-state index in [1.165, 1.54) is 11.0 Å². The van der Waals surface area contributed by atoms with Gasteiger partial charge >= 0.3 is 0 Å². The first kappa shape index (κ1) is 13.4. The third-order valence-corrected chi connectivity index (χ3v) is 2.30. The molecule has 0 radical (unpaired) electrons. The highest BCUT2D eigenvalue weighted by molar-refractivity contribution is 5.77. The maximum Gasteiger partial charge on any atom is 0.259 e. The van der Waals surface area contributed by atoms with Crippen molar-refractivity contribution in [1.29, 1.82) is 0 Å². The van der Waals surface area contributed by atoms with Crippen LogP contribution < -0.4 is 10.5 Å². The molecule has 0 saturated heterocycles. The van der Waals surface area contributed by atoms with Gasteiger partial charge in [0.2, 0.25) is 0 Å². The molecule has 4 nitrogen and oxygen atoms in total. The number of rotatable bonds is 5. The Labute approximate surface area is 100 Å². The lowest BCUT2D eigenvalue weighted by molar-refractivity contribution is -0.130. The summed E-state index contributed by atoms with van der Waals surface area (Å²) in [6.45, 7) is 0.229. The van der Waals surface area contributed by atoms with Crippen molar-refractivity contribution in [3.05, 3.63) is 29.6 Å². The van der Waals surface area contributed by atoms with E-state index in [0.717, 1.165) is 0 Å². The second-order valence-electron chi connectivity index (χ2n) is 3.84. The van der Waals surface area contributed by atoms with Gasteiger partial charge in [-0.15, -0.1) is 0 Å². The van der Waals surface area contributed by atoms with Gasteiger partial charge in [-0.05, 0) is 24.6 Å². The first-order valence-corrected chi connectivity index (χ1v) is 5.36. The van der Waals surface area contributed by atoms with E-state index in [1.807, 2.05) is 0 Å². The topological polar surface area (TPSA) is 55.6 Å². The predicted octanol–water partition coefficient (Wildman–Crippen LogP) is 0.794. The number of nitrogens with two attached hydrogens (primary N) is 1. The minimum atomic E-state index is -0.470. The number of hydrogen-bond acceptors (Lipinski definition) is 3. The monoisotopic (exact) mass is 240 g/mol. The van der Waals surface area contributed by atoms with E-state index in [0.29, 0.717) is 18.5 Å². The van der Waals surface area contributed by atoms with E-state index in [9.17, 15) is 9.18 Å². The third-order valence-electron chi connectivity index (χ3n) is 2.30. The molecule has 0 bridgehead atoms. The molecule has 0 aliphatic heterocycles. The van der Waals surface area contributed by atoms with Crippen molar-refractivity contribution in [3.63, 3.8) is 0 Å². The Morgan fingerprint density at radius 2 is 2.18 bits per heavy atom. The highest BCUT2D eigenvalue weighted by Gasteiger charge is 2.12. The molecule has 2 N–H and O–H groups in total. The predicted molar refractivity (Wildman–Crippen MR) is 63.3 cm³/mol. The second-order valence-corrected chi connectivity index (χ2v) is 3.84. The van der Waals surface area contributed by atoms with Crippen LogP contribution in [0.3, 0.4) is 0 Å². The fourth-order valence-corrected chi connectivity index (χ4v) is 1.33. The van der Waals surface area contributed by atoms with E-state index in [4.69, 9.17) is 10.5 Å². The summed E-state index contributed by atoms with van der Waals surface area (Å²) in [5.74, 6) is -0.567. The Kier molecular flexibility index (Phi) is 4.90. The first-order valence-electron chi connectivity index (χ1n) is 5.36. The number of carbonyl (C=O) groups excluding carboxylic acids is 1. The van der Waals surface area contributed by atoms with Crippen LogP contribution >= 0.6 is 0 Å². The quantitative estimate of drug-likeness (QED) is 0.828. The van der Waals surface area contributed by atoms with Crippen LogP contribution in [0, 0.1) is 5.82 Å². The summed E-state index contributed by atoms with van der Waals surface area (Å²) in [5, 5.41) is 0. The number of carbonyl (C=O) groups is 1. The molecule has 0 heterocycles. The van der Waals surface area contributed by atoms with Gasteiger partial charge in [-0.25, -0.2) is 4.39 Å². The molecule has 1 aromatic rings. The number of ether oxygens (including phenoxy) is 1. The first-order chi connectivity index (χ1) is 8.06. The van der Waals surface area contributed by atoms with Gasteiger partial charge in [-0.1, -0.05) is 12.1 Å². The molecule has 0 saturated carbocycles. The van der Waals surface area contributed by atoms with Crippen molar-refractivity contribution >= 4 is 5.91 Å². The standard InChI is InChI=1S/C12H17FN2O2/c1-15(2)11(16)8-17-12-9(6-7-14)4-3-5-10(12)13/h3-5H,6-8,14H2,1-2H3. The van der Waals surface area contributed by atoms with Crippen molar-refractivity contribution < 1.29 is 13.9 Å². The normalized spacial score (nSPS) is 10.1. The zero-order valence-electron chi connectivity index (χ0n) is 10.1. The molecule has 1 rings (SSSR count). The van der Waals surface area contributed by atoms with Crippen molar-refractivity contribution in [1.82, 2.24) is 4.90 Å². The molecule has 17 heavy (non-hydrogen) atoms. The second kappa shape index (κ2) is 6.20. The summed E-state index contributed by atoms with van der Waals surface area (Å²) in [7, 11) is 3.24. The number of halogens is 1. The number of amides is 1. The van der Waals surface area contributed by atoms with Crippen molar-refractivity contribution in [3.8, 4) is 5.75 Å². The summed E-state index contributed by atoms with van der Waals surface area (Å²) < 4.78 is 18.8. The average molecular weight is 240 g/mol. The number of nitrogens with zero attached hydrogens (tertiary/aromatic N) is 1. The largest absolute Gasteiger partial charge is 0.480 e. The van der Waals surface area contributed by atoms with Crippen molar-refractivity contribution in [2.24, 2.45) is 5.73 Å². The molecule has 0 unspecified atom stereocenters. The van der Waals surface area contributed by atoms with Gasteiger partial charge in [-0.2, -0.15) is 0 Å². The van der Waals surface area contributed by atoms with E-state index in [-0.39, 0.29) is 18.3 Å². The van der Waals surface area contributed by atoms with Crippen LogP contribution in [0.4, 0.5) is 4.39 Å². The van der Waals surface area contributed by atoms with E-state index in [1.54, 1.807) is 26.2 Å². The van der Waals surface area contributed by atoms with E-state index in [2.05, 4.69) is 0 Å². The highest BCUT2D eigenvalue weighted by Crippen LogP contribution is 2.22. The van der Waals surface area contributed by atoms with E-state index >= 15 is 0 Å². The minimum Gasteiger partial charge on any atom is -0.480 e. The van der Waals surface area contributed by atoms with Gasteiger partial charge in [0.15, 0.2) is 18.2 Å². The summed E-state index contributed by atoms with van der Waals surface area (Å²) in [4.78, 5) is 12.7. The minimum absolute atomic E-state index is 0.119. The lowest BCUT2D eigenvalue weighted by atomic mass is 10.1. The lowest BCUT2D eigenvalue weighted by Gasteiger charge is -2.14. The van der Waals surface area contributed by atoms with Gasteiger partial charge in [0.05, 0.1) is 0 Å². The van der Waals surface area contributed by atoms with Gasteiger partial charge in [-0.3, -0.25) is 4.79 Å². The number of hydrogen-bond donors (Lipinski definition) is 1. The lowest BCUT2D eigenvalue weighted by Crippen LogP contribution is -2.28. The SMILES string of the molecule is CN(C)C(=O)COc1c(F)cccc1CCN. The molecule has 0 atom stereocenters. The molecule has 0 spiro atoms. The van der Waals surface area contributed by atoms with Crippen molar-refractivity contribution in [2.45, 2.75) is 6.42 Å². The smallest absolute Gasteiger partial charge is 0.259 e. The maximum absolute atomic E-state index is 13.5. The molecular weight excluding hydrogens is 223 g/mol. The van der Waals surface area contributed by atoms with Gasteiger partial charge in [0.25, 0.3) is 5.91 Å². The Bertz CT molecular complexity index is 394. The zero-order valence-corrected chi connectivity index (χ0v) is 10.1. The van der Waals surface area contributed by atoms with Crippen LogP contribution in [-0.4, -0.2) is 38.1 Å². The van der Waals surface area contributed by atoms with Crippen LogP contribution in [0.5, 0.6) is 5.75 Å².